The van der Waals surface area contributed by atoms with Crippen LogP contribution in [-0.4, -0.2) is 20.2 Å². The Morgan fingerprint density at radius 1 is 1.41 bits per heavy atom. The van der Waals surface area contributed by atoms with E-state index in [1.165, 1.54) is 6.33 Å². The van der Waals surface area contributed by atoms with Crippen LogP contribution in [0.25, 0.3) is 0 Å². The molecule has 0 saturated carbocycles. The van der Waals surface area contributed by atoms with Gasteiger partial charge in [-0.3, -0.25) is 5.10 Å². The number of nitrogens with one attached hydrogen (secondary N) is 2. The van der Waals surface area contributed by atoms with E-state index in [2.05, 4.69) is 32.4 Å². The van der Waals surface area contributed by atoms with Gasteiger partial charge in [0, 0.05) is 23.9 Å². The van der Waals surface area contributed by atoms with Gasteiger partial charge in [0.2, 0.25) is 0 Å². The molecule has 0 atom stereocenters. The number of hydrogen-bond donors (Lipinski definition) is 2. The predicted octanol–water partition coefficient (Wildman–Crippen LogP) is 2.42. The molecular formula is C11H14ClN5. The molecule has 2 heterocycles. The summed E-state index contributed by atoms with van der Waals surface area (Å²) in [5, 5.41) is 10.4. The average Bonchev–Trinajstić information content (AvgIpc) is 2.83. The molecule has 2 aromatic rings. The molecule has 5 nitrogen and oxygen atoms in total. The van der Waals surface area contributed by atoms with E-state index in [4.69, 9.17) is 11.6 Å². The molecule has 2 aromatic heterocycles. The molecule has 90 valence electrons. The number of nitrogens with zero attached hydrogens (tertiary/aromatic N) is 3. The number of anilines is 1. The first-order valence-electron chi connectivity index (χ1n) is 5.52. The van der Waals surface area contributed by atoms with E-state index in [1.54, 1.807) is 6.20 Å². The lowest BCUT2D eigenvalue weighted by atomic mass is 10.2. The summed E-state index contributed by atoms with van der Waals surface area (Å²) in [6.07, 6.45) is 6.96. The predicted molar refractivity (Wildman–Crippen MR) is 67.0 cm³/mol. The lowest BCUT2D eigenvalue weighted by Crippen LogP contribution is -2.05. The fourth-order valence-electron chi connectivity index (χ4n) is 1.57. The highest BCUT2D eigenvalue weighted by molar-refractivity contribution is 6.30. The van der Waals surface area contributed by atoms with Gasteiger partial charge in [0.05, 0.1) is 6.20 Å². The van der Waals surface area contributed by atoms with Crippen molar-refractivity contribution >= 4 is 17.4 Å². The lowest BCUT2D eigenvalue weighted by Gasteiger charge is -2.10. The molecule has 2 N–H and O–H groups in total. The van der Waals surface area contributed by atoms with E-state index in [9.17, 15) is 0 Å². The molecule has 0 saturated heterocycles. The highest BCUT2D eigenvalue weighted by atomic mass is 35.5. The first-order valence-corrected chi connectivity index (χ1v) is 5.90. The Morgan fingerprint density at radius 2 is 2.29 bits per heavy atom. The zero-order chi connectivity index (χ0) is 12.1. The molecule has 0 aliphatic heterocycles. The zero-order valence-corrected chi connectivity index (χ0v) is 10.3. The van der Waals surface area contributed by atoms with Crippen molar-refractivity contribution in [3.05, 3.63) is 35.0 Å². The summed E-state index contributed by atoms with van der Waals surface area (Å²) in [6, 6.07) is 0. The van der Waals surface area contributed by atoms with Gasteiger partial charge in [0.1, 0.15) is 17.3 Å². The SMILES string of the molecule is CCCc1c(Cl)ncnc1NCc1cn[nH]c1. The van der Waals surface area contributed by atoms with E-state index in [-0.39, 0.29) is 0 Å². The number of hydrogen-bond acceptors (Lipinski definition) is 4. The Morgan fingerprint density at radius 3 is 3.00 bits per heavy atom. The summed E-state index contributed by atoms with van der Waals surface area (Å²) in [5.74, 6) is 0.799. The maximum absolute atomic E-state index is 6.06. The van der Waals surface area contributed by atoms with Gasteiger partial charge in [0.25, 0.3) is 0 Å². The minimum absolute atomic E-state index is 0.525. The van der Waals surface area contributed by atoms with Crippen LogP contribution in [0.1, 0.15) is 24.5 Å². The number of aromatic amines is 1. The zero-order valence-electron chi connectivity index (χ0n) is 9.57. The van der Waals surface area contributed by atoms with Crippen LogP contribution in [-0.2, 0) is 13.0 Å². The molecule has 0 radical (unpaired) electrons. The first kappa shape index (κ1) is 11.9. The third-order valence-electron chi connectivity index (χ3n) is 2.41. The van der Waals surface area contributed by atoms with Crippen molar-refractivity contribution in [2.45, 2.75) is 26.3 Å². The van der Waals surface area contributed by atoms with Crippen molar-refractivity contribution in [3.63, 3.8) is 0 Å². The second-order valence-corrected chi connectivity index (χ2v) is 4.06. The molecule has 17 heavy (non-hydrogen) atoms. The normalized spacial score (nSPS) is 10.5. The maximum atomic E-state index is 6.06. The third kappa shape index (κ3) is 2.94. The molecule has 2 rings (SSSR count). The van der Waals surface area contributed by atoms with Crippen LogP contribution in [0.3, 0.4) is 0 Å². The number of rotatable bonds is 5. The van der Waals surface area contributed by atoms with Crippen LogP contribution in [0.5, 0.6) is 0 Å². The average molecular weight is 252 g/mol. The largest absolute Gasteiger partial charge is 0.366 e. The van der Waals surface area contributed by atoms with Gasteiger partial charge in [-0.2, -0.15) is 5.10 Å². The van der Waals surface area contributed by atoms with E-state index < -0.39 is 0 Å². The number of H-pyrrole nitrogens is 1. The van der Waals surface area contributed by atoms with E-state index >= 15 is 0 Å². The molecule has 0 aromatic carbocycles. The van der Waals surface area contributed by atoms with E-state index in [1.807, 2.05) is 6.20 Å². The Balaban J connectivity index is 2.11. The summed E-state index contributed by atoms with van der Waals surface area (Å²) in [5.41, 5.74) is 2.04. The molecule has 0 bridgehead atoms. The van der Waals surface area contributed by atoms with Gasteiger partial charge in [0.15, 0.2) is 0 Å². The number of aromatic nitrogens is 4. The van der Waals surface area contributed by atoms with Crippen molar-refractivity contribution in [1.29, 1.82) is 0 Å². The molecule has 0 amide bonds. The van der Waals surface area contributed by atoms with Gasteiger partial charge in [-0.1, -0.05) is 24.9 Å². The minimum Gasteiger partial charge on any atom is -0.366 e. The molecule has 6 heteroatoms. The molecular weight excluding hydrogens is 238 g/mol. The van der Waals surface area contributed by atoms with E-state index in [0.29, 0.717) is 11.7 Å². The summed E-state index contributed by atoms with van der Waals surface area (Å²) in [7, 11) is 0. The molecule has 0 unspecified atom stereocenters. The fraction of sp³-hybridized carbons (Fsp3) is 0.364. The monoisotopic (exact) mass is 251 g/mol. The van der Waals surface area contributed by atoms with Crippen LogP contribution in [0.2, 0.25) is 5.15 Å². The van der Waals surface area contributed by atoms with Gasteiger partial charge in [-0.05, 0) is 6.42 Å². The lowest BCUT2D eigenvalue weighted by molar-refractivity contribution is 0.897. The van der Waals surface area contributed by atoms with Gasteiger partial charge in [-0.15, -0.1) is 0 Å². The second-order valence-electron chi connectivity index (χ2n) is 3.70. The molecule has 0 aliphatic carbocycles. The fourth-order valence-corrected chi connectivity index (χ4v) is 1.80. The van der Waals surface area contributed by atoms with Crippen molar-refractivity contribution in [2.24, 2.45) is 0 Å². The van der Waals surface area contributed by atoms with Crippen LogP contribution < -0.4 is 5.32 Å². The van der Waals surface area contributed by atoms with Gasteiger partial charge < -0.3 is 5.32 Å². The third-order valence-corrected chi connectivity index (χ3v) is 2.73. The first-order chi connectivity index (χ1) is 8.31. The van der Waals surface area contributed by atoms with Crippen LogP contribution in [0.4, 0.5) is 5.82 Å². The Hall–Kier alpha value is -1.62. The van der Waals surface area contributed by atoms with E-state index in [0.717, 1.165) is 29.8 Å². The summed E-state index contributed by atoms with van der Waals surface area (Å²) in [6.45, 7) is 2.77. The standard InChI is InChI=1S/C11H14ClN5/c1-2-3-9-10(12)14-7-15-11(9)13-4-8-5-16-17-6-8/h5-7H,2-4H2,1H3,(H,16,17)(H,13,14,15). The summed E-state index contributed by atoms with van der Waals surface area (Å²) < 4.78 is 0. The highest BCUT2D eigenvalue weighted by Gasteiger charge is 2.08. The quantitative estimate of drug-likeness (QED) is 0.801. The Kier molecular flexibility index (Phi) is 3.93. The summed E-state index contributed by atoms with van der Waals surface area (Å²) >= 11 is 6.06. The van der Waals surface area contributed by atoms with Crippen LogP contribution >= 0.6 is 11.6 Å². The van der Waals surface area contributed by atoms with Crippen molar-refractivity contribution in [3.8, 4) is 0 Å². The van der Waals surface area contributed by atoms with Crippen molar-refractivity contribution in [2.75, 3.05) is 5.32 Å². The highest BCUT2D eigenvalue weighted by Crippen LogP contribution is 2.21. The topological polar surface area (TPSA) is 66.5 Å². The molecule has 0 spiro atoms. The Labute approximate surface area is 105 Å². The van der Waals surface area contributed by atoms with Crippen LogP contribution in [0.15, 0.2) is 18.7 Å². The van der Waals surface area contributed by atoms with Crippen molar-refractivity contribution < 1.29 is 0 Å². The van der Waals surface area contributed by atoms with Crippen molar-refractivity contribution in [1.82, 2.24) is 20.2 Å². The second kappa shape index (κ2) is 5.63. The number of halogens is 1. The minimum atomic E-state index is 0.525. The maximum Gasteiger partial charge on any atom is 0.137 e. The molecule has 0 fully saturated rings. The van der Waals surface area contributed by atoms with Gasteiger partial charge >= 0.3 is 0 Å². The summed E-state index contributed by atoms with van der Waals surface area (Å²) in [4.78, 5) is 8.22. The molecule has 0 aliphatic rings. The smallest absolute Gasteiger partial charge is 0.137 e. The Bertz CT molecular complexity index is 469. The van der Waals surface area contributed by atoms with Crippen LogP contribution in [0, 0.1) is 0 Å². The van der Waals surface area contributed by atoms with Gasteiger partial charge in [-0.25, -0.2) is 9.97 Å².